The van der Waals surface area contributed by atoms with Gasteiger partial charge in [0.1, 0.15) is 12.6 Å². The summed E-state index contributed by atoms with van der Waals surface area (Å²) in [7, 11) is 1.15. The minimum Gasteiger partial charge on any atom is -0.480 e. The Bertz CT molecular complexity index is 1150. The molecule has 0 bridgehead atoms. The normalized spacial score (nSPS) is 19.7. The van der Waals surface area contributed by atoms with Crippen molar-refractivity contribution >= 4 is 35.6 Å². The Hall–Kier alpha value is -4.32. The summed E-state index contributed by atoms with van der Waals surface area (Å²) in [5, 5.41) is 19.4. The van der Waals surface area contributed by atoms with E-state index in [-0.39, 0.29) is 31.5 Å². The number of hydrogen-bond acceptors (Lipinski definition) is 10. The number of halogens is 3. The number of pyridine rings is 1. The molecule has 1 aromatic heterocycles. The number of aliphatic carboxylic acids is 2. The van der Waals surface area contributed by atoms with E-state index >= 15 is 0 Å². The molecule has 3 unspecified atom stereocenters. The number of alkyl halides is 3. The number of amides is 3. The van der Waals surface area contributed by atoms with E-state index in [9.17, 15) is 37.1 Å². The highest BCUT2D eigenvalue weighted by molar-refractivity contribution is 5.96. The lowest BCUT2D eigenvalue weighted by atomic mass is 10.0. The highest BCUT2D eigenvalue weighted by atomic mass is 19.4. The fourth-order valence-corrected chi connectivity index (χ4v) is 4.35. The number of carbonyl (C=O) groups is 6. The number of aromatic nitrogens is 1. The number of hydrogen-bond donors (Lipinski definition) is 4. The van der Waals surface area contributed by atoms with Gasteiger partial charge in [0.05, 0.1) is 32.0 Å². The maximum atomic E-state index is 13.2. The molecule has 0 aliphatic carbocycles. The van der Waals surface area contributed by atoms with Crippen molar-refractivity contribution in [3.8, 4) is 0 Å². The average Bonchev–Trinajstić information content (AvgIpc) is 2.94. The van der Waals surface area contributed by atoms with Crippen molar-refractivity contribution < 1.29 is 56.9 Å². The minimum absolute atomic E-state index is 0.0192. The van der Waals surface area contributed by atoms with E-state index in [1.807, 2.05) is 12.1 Å². The summed E-state index contributed by atoms with van der Waals surface area (Å²) in [6, 6.07) is 0.905. The minimum atomic E-state index is -5.08. The van der Waals surface area contributed by atoms with Crippen molar-refractivity contribution in [3.05, 3.63) is 30.1 Å². The predicted molar refractivity (Wildman–Crippen MR) is 134 cm³/mol. The zero-order valence-corrected chi connectivity index (χ0v) is 22.5. The smallest absolute Gasteiger partial charge is 0.480 e. The maximum Gasteiger partial charge on any atom is 0.490 e. The van der Waals surface area contributed by atoms with Gasteiger partial charge in [0.25, 0.3) is 0 Å². The summed E-state index contributed by atoms with van der Waals surface area (Å²) in [6.07, 6.45) is -2.52. The van der Waals surface area contributed by atoms with Crippen LogP contribution in [0.5, 0.6) is 0 Å². The molecule has 2 saturated heterocycles. The molecule has 0 aromatic carbocycles. The van der Waals surface area contributed by atoms with Crippen LogP contribution in [0.15, 0.2) is 24.5 Å². The van der Waals surface area contributed by atoms with Crippen molar-refractivity contribution in [3.63, 3.8) is 0 Å². The molecule has 3 rings (SSSR count). The summed E-state index contributed by atoms with van der Waals surface area (Å²) in [6.45, 7) is 0.968. The summed E-state index contributed by atoms with van der Waals surface area (Å²) in [5.41, 5.74) is 7.03. The van der Waals surface area contributed by atoms with Crippen LogP contribution in [0, 0.1) is 0 Å². The van der Waals surface area contributed by atoms with Gasteiger partial charge in [-0.25, -0.2) is 4.79 Å². The summed E-state index contributed by atoms with van der Waals surface area (Å²) < 4.78 is 36.4. The van der Waals surface area contributed by atoms with Crippen LogP contribution < -0.4 is 11.1 Å². The van der Waals surface area contributed by atoms with E-state index in [0.29, 0.717) is 19.6 Å². The number of piperazine rings is 2. The van der Waals surface area contributed by atoms with Gasteiger partial charge in [-0.05, 0) is 17.7 Å². The van der Waals surface area contributed by atoms with Gasteiger partial charge < -0.3 is 40.7 Å². The Morgan fingerprint density at radius 3 is 2.29 bits per heavy atom. The van der Waals surface area contributed by atoms with Crippen molar-refractivity contribution in [2.45, 2.75) is 37.1 Å². The van der Waals surface area contributed by atoms with Gasteiger partial charge in [-0.2, -0.15) is 13.2 Å². The number of nitrogens with two attached hydrogens (primary N) is 1. The van der Waals surface area contributed by atoms with E-state index in [4.69, 9.17) is 20.7 Å². The number of carboxylic acids is 2. The third-order valence-electron chi connectivity index (χ3n) is 6.39. The summed E-state index contributed by atoms with van der Waals surface area (Å²) in [4.78, 5) is 78.9. The first-order valence-corrected chi connectivity index (χ1v) is 12.5. The molecule has 3 amide bonds. The number of carboxylic acid groups (broad SMARTS) is 2. The van der Waals surface area contributed by atoms with Crippen LogP contribution in [0.4, 0.5) is 13.2 Å². The molecule has 0 radical (unpaired) electrons. The predicted octanol–water partition coefficient (Wildman–Crippen LogP) is -1.41. The fraction of sp³-hybridized carbons (Fsp3) is 0.542. The topological polar surface area (TPSA) is 213 Å². The van der Waals surface area contributed by atoms with Crippen LogP contribution in [-0.4, -0.2) is 130 Å². The zero-order valence-electron chi connectivity index (χ0n) is 22.5. The Kier molecular flexibility index (Phi) is 12.2. The number of carbonyl (C=O) groups excluding carboxylic acids is 4. The lowest BCUT2D eigenvalue weighted by Gasteiger charge is -2.41. The molecule has 3 heterocycles. The van der Waals surface area contributed by atoms with E-state index in [1.165, 1.54) is 0 Å². The van der Waals surface area contributed by atoms with Gasteiger partial charge in [-0.15, -0.1) is 0 Å². The first kappa shape index (κ1) is 33.9. The highest BCUT2D eigenvalue weighted by Gasteiger charge is 2.42. The summed E-state index contributed by atoms with van der Waals surface area (Å²) in [5.74, 6) is -6.36. The molecule has 0 spiro atoms. The number of esters is 1. The third-order valence-corrected chi connectivity index (χ3v) is 6.39. The second kappa shape index (κ2) is 15.1. The Morgan fingerprint density at radius 1 is 1.12 bits per heavy atom. The van der Waals surface area contributed by atoms with Crippen LogP contribution in [0.25, 0.3) is 0 Å². The van der Waals surface area contributed by atoms with Crippen molar-refractivity contribution in [1.29, 1.82) is 0 Å². The largest absolute Gasteiger partial charge is 0.490 e. The second-order valence-corrected chi connectivity index (χ2v) is 9.18. The molecule has 1 aromatic rings. The van der Waals surface area contributed by atoms with Crippen molar-refractivity contribution in [1.82, 2.24) is 25.0 Å². The molecule has 18 heteroatoms. The number of methoxy groups -OCH3 is 1. The van der Waals surface area contributed by atoms with Crippen LogP contribution in [0.3, 0.4) is 0 Å². The molecule has 0 saturated carbocycles. The molecule has 2 aliphatic rings. The molecule has 232 valence electrons. The van der Waals surface area contributed by atoms with Crippen LogP contribution >= 0.6 is 0 Å². The van der Waals surface area contributed by atoms with Crippen LogP contribution in [0.1, 0.15) is 24.4 Å². The van der Waals surface area contributed by atoms with E-state index in [1.54, 1.807) is 17.3 Å². The van der Waals surface area contributed by atoms with E-state index in [0.717, 1.165) is 22.5 Å². The Labute approximate surface area is 237 Å². The lowest BCUT2D eigenvalue weighted by Crippen LogP contribution is -2.62. The Morgan fingerprint density at radius 2 is 1.74 bits per heavy atom. The molecular weight excluding hydrogens is 573 g/mol. The van der Waals surface area contributed by atoms with Gasteiger partial charge >= 0.3 is 24.1 Å². The molecule has 3 atom stereocenters. The van der Waals surface area contributed by atoms with Gasteiger partial charge in [0.15, 0.2) is 0 Å². The molecular formula is C24H31F3N6O9. The molecule has 2 aliphatic heterocycles. The summed E-state index contributed by atoms with van der Waals surface area (Å²) >= 11 is 0. The van der Waals surface area contributed by atoms with E-state index in [2.05, 4.69) is 15.0 Å². The molecule has 15 nitrogen and oxygen atoms in total. The van der Waals surface area contributed by atoms with Gasteiger partial charge in [-0.1, -0.05) is 0 Å². The monoisotopic (exact) mass is 604 g/mol. The number of nitrogens with one attached hydrogen (secondary N) is 1. The van der Waals surface area contributed by atoms with Crippen molar-refractivity contribution in [2.75, 3.05) is 46.4 Å². The quantitative estimate of drug-likeness (QED) is 0.252. The third kappa shape index (κ3) is 9.37. The Balaban J connectivity index is 0.000000782. The van der Waals surface area contributed by atoms with E-state index < -0.39 is 60.9 Å². The van der Waals surface area contributed by atoms with Gasteiger partial charge in [-0.3, -0.25) is 29.0 Å². The number of ether oxygens (including phenoxy) is 1. The molecule has 42 heavy (non-hydrogen) atoms. The highest BCUT2D eigenvalue weighted by Crippen LogP contribution is 2.23. The van der Waals surface area contributed by atoms with Gasteiger partial charge in [0.2, 0.25) is 17.7 Å². The van der Waals surface area contributed by atoms with Gasteiger partial charge in [0, 0.05) is 45.1 Å². The standard InChI is InChI=1S/C22H30N6O7.C2HF3O2/c1-35-20(32)11-16-22(34)26(13-19(30)31)8-9-28(16)21(33)15(23)10-18(29)27-7-6-25-12-17(27)14-2-4-24-5-3-14;3-2(4,5)1(6)7/h2-5,15-17,25H,6-13,23H2,1H3,(H,30,31);(H,6,7). The first-order valence-electron chi connectivity index (χ1n) is 12.5. The average molecular weight is 605 g/mol. The zero-order chi connectivity index (χ0) is 31.6. The number of rotatable bonds is 8. The van der Waals surface area contributed by atoms with Crippen LogP contribution in [-0.2, 0) is 33.5 Å². The fourth-order valence-electron chi connectivity index (χ4n) is 4.35. The molecule has 2 fully saturated rings. The SMILES string of the molecule is COC(=O)CC1C(=O)N(CC(=O)O)CCN1C(=O)C(N)CC(=O)N1CCNCC1c1ccncc1.O=C(O)C(F)(F)F. The maximum absolute atomic E-state index is 13.2. The van der Waals surface area contributed by atoms with Crippen molar-refractivity contribution in [2.24, 2.45) is 5.73 Å². The lowest BCUT2D eigenvalue weighted by molar-refractivity contribution is -0.192. The van der Waals surface area contributed by atoms with Crippen LogP contribution in [0.2, 0.25) is 0 Å². The first-order chi connectivity index (χ1) is 19.7. The second-order valence-electron chi connectivity index (χ2n) is 9.18. The number of nitrogens with zero attached hydrogens (tertiary/aromatic N) is 4. The molecule has 5 N–H and O–H groups in total.